The summed E-state index contributed by atoms with van der Waals surface area (Å²) in [6, 6.07) is 2.14. The summed E-state index contributed by atoms with van der Waals surface area (Å²) < 4.78 is 5.66. The molecule has 3 fully saturated rings. The van der Waals surface area contributed by atoms with Crippen molar-refractivity contribution in [1.82, 2.24) is 15.1 Å². The fraction of sp³-hybridized carbons (Fsp3) is 1.00. The van der Waals surface area contributed by atoms with E-state index >= 15 is 0 Å². The average Bonchev–Trinajstić information content (AvgIpc) is 3.23. The molecule has 0 aromatic heterocycles. The van der Waals surface area contributed by atoms with Gasteiger partial charge in [0.15, 0.2) is 0 Å². The summed E-state index contributed by atoms with van der Waals surface area (Å²) >= 11 is 0. The SMILES string of the molecule is CNC1CCOCC1N1CCN(C2CC2)CC1. The van der Waals surface area contributed by atoms with Crippen LogP contribution in [0.5, 0.6) is 0 Å². The van der Waals surface area contributed by atoms with Gasteiger partial charge in [-0.05, 0) is 26.3 Å². The predicted molar refractivity (Wildman–Crippen MR) is 68.2 cm³/mol. The quantitative estimate of drug-likeness (QED) is 0.758. The molecule has 4 heteroatoms. The zero-order valence-electron chi connectivity index (χ0n) is 10.9. The summed E-state index contributed by atoms with van der Waals surface area (Å²) in [7, 11) is 2.09. The van der Waals surface area contributed by atoms with Crippen molar-refractivity contribution in [1.29, 1.82) is 0 Å². The normalized spacial score (nSPS) is 37.2. The summed E-state index contributed by atoms with van der Waals surface area (Å²) in [6.45, 7) is 6.81. The van der Waals surface area contributed by atoms with Crippen molar-refractivity contribution < 1.29 is 4.74 Å². The molecule has 0 spiro atoms. The van der Waals surface area contributed by atoms with Crippen LogP contribution in [0.25, 0.3) is 0 Å². The van der Waals surface area contributed by atoms with Gasteiger partial charge in [0.1, 0.15) is 0 Å². The minimum absolute atomic E-state index is 0.593. The standard InChI is InChI=1S/C13H25N3O/c1-14-12-4-9-17-10-13(12)16-7-5-15(6-8-16)11-2-3-11/h11-14H,2-10H2,1H3. The Morgan fingerprint density at radius 2 is 1.71 bits per heavy atom. The maximum atomic E-state index is 5.66. The highest BCUT2D eigenvalue weighted by Crippen LogP contribution is 2.28. The third-order valence-electron chi connectivity index (χ3n) is 4.58. The first-order chi connectivity index (χ1) is 8.38. The van der Waals surface area contributed by atoms with Crippen LogP contribution in [-0.2, 0) is 4.74 Å². The molecule has 1 N–H and O–H groups in total. The second-order valence-electron chi connectivity index (χ2n) is 5.63. The van der Waals surface area contributed by atoms with Gasteiger partial charge in [-0.1, -0.05) is 0 Å². The van der Waals surface area contributed by atoms with Crippen molar-refractivity contribution in [3.05, 3.63) is 0 Å². The van der Waals surface area contributed by atoms with Crippen molar-refractivity contribution in [2.45, 2.75) is 37.4 Å². The second kappa shape index (κ2) is 5.22. The molecular formula is C13H25N3O. The Bertz CT molecular complexity index is 249. The van der Waals surface area contributed by atoms with E-state index < -0.39 is 0 Å². The maximum absolute atomic E-state index is 5.66. The van der Waals surface area contributed by atoms with E-state index in [1.54, 1.807) is 0 Å². The molecule has 2 unspecified atom stereocenters. The van der Waals surface area contributed by atoms with Crippen LogP contribution in [0.4, 0.5) is 0 Å². The number of nitrogens with zero attached hydrogens (tertiary/aromatic N) is 2. The van der Waals surface area contributed by atoms with E-state index in [-0.39, 0.29) is 0 Å². The lowest BCUT2D eigenvalue weighted by atomic mass is 10.0. The number of piperazine rings is 1. The Balaban J connectivity index is 1.53. The lowest BCUT2D eigenvalue weighted by Gasteiger charge is -2.44. The van der Waals surface area contributed by atoms with Gasteiger partial charge in [-0.3, -0.25) is 9.80 Å². The van der Waals surface area contributed by atoms with Crippen LogP contribution in [-0.4, -0.2) is 74.4 Å². The molecule has 0 bridgehead atoms. The van der Waals surface area contributed by atoms with Gasteiger partial charge in [0.05, 0.1) is 6.61 Å². The largest absolute Gasteiger partial charge is 0.380 e. The van der Waals surface area contributed by atoms with Gasteiger partial charge in [-0.15, -0.1) is 0 Å². The molecule has 3 aliphatic rings. The summed E-state index contributed by atoms with van der Waals surface area (Å²) in [5.74, 6) is 0. The smallest absolute Gasteiger partial charge is 0.0637 e. The van der Waals surface area contributed by atoms with Gasteiger partial charge in [0, 0.05) is 50.9 Å². The molecule has 0 aromatic rings. The highest BCUT2D eigenvalue weighted by atomic mass is 16.5. The van der Waals surface area contributed by atoms with Crippen molar-refractivity contribution in [3.63, 3.8) is 0 Å². The third-order valence-corrected chi connectivity index (χ3v) is 4.58. The summed E-state index contributed by atoms with van der Waals surface area (Å²) in [5, 5.41) is 3.46. The van der Waals surface area contributed by atoms with E-state index in [1.807, 2.05) is 0 Å². The monoisotopic (exact) mass is 239 g/mol. The molecule has 1 aliphatic carbocycles. The molecule has 98 valence electrons. The van der Waals surface area contributed by atoms with Crippen LogP contribution >= 0.6 is 0 Å². The van der Waals surface area contributed by atoms with Crippen LogP contribution in [0.15, 0.2) is 0 Å². The molecule has 2 aliphatic heterocycles. The summed E-state index contributed by atoms with van der Waals surface area (Å²) in [4.78, 5) is 5.31. The average molecular weight is 239 g/mol. The topological polar surface area (TPSA) is 27.7 Å². The van der Waals surface area contributed by atoms with Crippen LogP contribution in [0.3, 0.4) is 0 Å². The number of nitrogens with one attached hydrogen (secondary N) is 1. The van der Waals surface area contributed by atoms with Crippen LogP contribution < -0.4 is 5.32 Å². The van der Waals surface area contributed by atoms with E-state index in [4.69, 9.17) is 4.74 Å². The van der Waals surface area contributed by atoms with E-state index in [0.29, 0.717) is 12.1 Å². The predicted octanol–water partition coefficient (Wildman–Crippen LogP) is 0.143. The van der Waals surface area contributed by atoms with E-state index in [9.17, 15) is 0 Å². The summed E-state index contributed by atoms with van der Waals surface area (Å²) in [6.07, 6.45) is 4.03. The molecule has 1 saturated carbocycles. The number of likely N-dealkylation sites (N-methyl/N-ethyl adjacent to an activating group) is 1. The van der Waals surface area contributed by atoms with Crippen molar-refractivity contribution in [2.75, 3.05) is 46.4 Å². The fourth-order valence-corrected chi connectivity index (χ4v) is 3.29. The lowest BCUT2D eigenvalue weighted by molar-refractivity contribution is -0.0194. The molecule has 2 heterocycles. The molecule has 3 rings (SSSR count). The highest BCUT2D eigenvalue weighted by Gasteiger charge is 2.35. The number of hydrogen-bond acceptors (Lipinski definition) is 4. The Morgan fingerprint density at radius 3 is 2.35 bits per heavy atom. The Hall–Kier alpha value is -0.160. The molecule has 2 saturated heterocycles. The fourth-order valence-electron chi connectivity index (χ4n) is 3.29. The highest BCUT2D eigenvalue weighted by molar-refractivity contribution is 4.92. The van der Waals surface area contributed by atoms with E-state index in [2.05, 4.69) is 22.2 Å². The van der Waals surface area contributed by atoms with Gasteiger partial charge in [0.25, 0.3) is 0 Å². The minimum Gasteiger partial charge on any atom is -0.380 e. The number of hydrogen-bond donors (Lipinski definition) is 1. The third kappa shape index (κ3) is 2.65. The molecule has 17 heavy (non-hydrogen) atoms. The first-order valence-electron chi connectivity index (χ1n) is 7.11. The van der Waals surface area contributed by atoms with E-state index in [0.717, 1.165) is 25.7 Å². The van der Waals surface area contributed by atoms with Crippen LogP contribution in [0.2, 0.25) is 0 Å². The van der Waals surface area contributed by atoms with E-state index in [1.165, 1.54) is 39.0 Å². The molecule has 4 nitrogen and oxygen atoms in total. The first kappa shape index (κ1) is 11.9. The molecular weight excluding hydrogens is 214 g/mol. The zero-order valence-corrected chi connectivity index (χ0v) is 10.9. The zero-order chi connectivity index (χ0) is 11.7. The Kier molecular flexibility index (Phi) is 3.66. The number of ether oxygens (including phenoxy) is 1. The molecule has 2 atom stereocenters. The van der Waals surface area contributed by atoms with Gasteiger partial charge in [-0.25, -0.2) is 0 Å². The van der Waals surface area contributed by atoms with Crippen molar-refractivity contribution in [2.24, 2.45) is 0 Å². The van der Waals surface area contributed by atoms with Gasteiger partial charge < -0.3 is 10.1 Å². The van der Waals surface area contributed by atoms with Crippen molar-refractivity contribution >= 4 is 0 Å². The van der Waals surface area contributed by atoms with Gasteiger partial charge in [0.2, 0.25) is 0 Å². The Labute approximate surface area is 104 Å². The maximum Gasteiger partial charge on any atom is 0.0637 e. The van der Waals surface area contributed by atoms with Gasteiger partial charge in [-0.2, -0.15) is 0 Å². The molecule has 0 radical (unpaired) electrons. The Morgan fingerprint density at radius 1 is 1.00 bits per heavy atom. The molecule has 0 aromatic carbocycles. The van der Waals surface area contributed by atoms with Crippen LogP contribution in [0.1, 0.15) is 19.3 Å². The molecule has 0 amide bonds. The first-order valence-corrected chi connectivity index (χ1v) is 7.11. The van der Waals surface area contributed by atoms with Crippen molar-refractivity contribution in [3.8, 4) is 0 Å². The number of rotatable bonds is 3. The lowest BCUT2D eigenvalue weighted by Crippen LogP contribution is -2.59. The van der Waals surface area contributed by atoms with Crippen LogP contribution in [0, 0.1) is 0 Å². The minimum atomic E-state index is 0.593. The van der Waals surface area contributed by atoms with Gasteiger partial charge >= 0.3 is 0 Å². The summed E-state index contributed by atoms with van der Waals surface area (Å²) in [5.41, 5.74) is 0. The second-order valence-corrected chi connectivity index (χ2v) is 5.63.